The number of rotatable bonds is 4. The highest BCUT2D eigenvalue weighted by Crippen LogP contribution is 2.29. The maximum Gasteiger partial charge on any atom is 0.244 e. The highest BCUT2D eigenvalue weighted by atomic mass is 32.2. The number of hydrogen-bond acceptors (Lipinski definition) is 4. The van der Waals surface area contributed by atoms with Crippen LogP contribution >= 0.6 is 11.8 Å². The molecule has 0 bridgehead atoms. The van der Waals surface area contributed by atoms with Gasteiger partial charge in [-0.3, -0.25) is 9.59 Å². The number of carbonyl (C=O) groups is 2. The molecule has 0 spiro atoms. The fraction of sp³-hybridized carbons (Fsp3) is 0.625. The van der Waals surface area contributed by atoms with E-state index in [1.807, 2.05) is 6.07 Å². The van der Waals surface area contributed by atoms with Crippen LogP contribution in [0.5, 0.6) is 0 Å². The van der Waals surface area contributed by atoms with Crippen molar-refractivity contribution in [1.82, 2.24) is 10.2 Å². The minimum Gasteiger partial charge on any atom is -0.467 e. The molecule has 1 unspecified atom stereocenters. The first-order valence-electron chi connectivity index (χ1n) is 7.94. The third-order valence-electron chi connectivity index (χ3n) is 4.44. The topological polar surface area (TPSA) is 62.6 Å². The van der Waals surface area contributed by atoms with Gasteiger partial charge in [-0.25, -0.2) is 0 Å². The molecule has 2 amide bonds. The number of nitrogens with zero attached hydrogens (tertiary/aromatic N) is 1. The van der Waals surface area contributed by atoms with Gasteiger partial charge in [-0.05, 0) is 25.0 Å². The first-order chi connectivity index (χ1) is 10.8. The molecule has 3 rings (SSSR count). The van der Waals surface area contributed by atoms with E-state index in [1.54, 1.807) is 29.0 Å². The van der Waals surface area contributed by atoms with Crippen molar-refractivity contribution in [2.75, 3.05) is 11.6 Å². The molecular formula is C16H22N2O3S. The van der Waals surface area contributed by atoms with E-state index in [1.165, 1.54) is 6.42 Å². The lowest BCUT2D eigenvalue weighted by atomic mass is 9.88. The molecule has 1 atom stereocenters. The SMILES string of the molecule is O=C(NCc1ccco1)C1CSCN1C(=O)C1CCCCC1. The van der Waals surface area contributed by atoms with Gasteiger partial charge in [0.1, 0.15) is 11.8 Å². The second-order valence-corrected chi connectivity index (χ2v) is 6.96. The molecule has 2 aliphatic rings. The summed E-state index contributed by atoms with van der Waals surface area (Å²) >= 11 is 1.66. The second kappa shape index (κ2) is 7.22. The van der Waals surface area contributed by atoms with E-state index in [9.17, 15) is 9.59 Å². The number of furan rings is 1. The summed E-state index contributed by atoms with van der Waals surface area (Å²) < 4.78 is 5.22. The number of carbonyl (C=O) groups excluding carboxylic acids is 2. The normalized spacial score (nSPS) is 22.7. The lowest BCUT2D eigenvalue weighted by molar-refractivity contribution is -0.142. The minimum absolute atomic E-state index is 0.0782. The van der Waals surface area contributed by atoms with Crippen LogP contribution in [0.15, 0.2) is 22.8 Å². The third-order valence-corrected chi connectivity index (χ3v) is 5.45. The summed E-state index contributed by atoms with van der Waals surface area (Å²) in [6.45, 7) is 0.373. The van der Waals surface area contributed by atoms with Crippen LogP contribution in [0.1, 0.15) is 37.9 Å². The zero-order valence-corrected chi connectivity index (χ0v) is 13.4. The molecule has 1 aromatic rings. The third kappa shape index (κ3) is 3.48. The Morgan fingerprint density at radius 3 is 2.86 bits per heavy atom. The molecule has 1 aliphatic carbocycles. The first-order valence-corrected chi connectivity index (χ1v) is 9.09. The van der Waals surface area contributed by atoms with E-state index in [-0.39, 0.29) is 23.8 Å². The van der Waals surface area contributed by atoms with Gasteiger partial charge in [-0.2, -0.15) is 0 Å². The quantitative estimate of drug-likeness (QED) is 0.924. The number of thioether (sulfide) groups is 1. The summed E-state index contributed by atoms with van der Waals surface area (Å²) in [6.07, 6.45) is 7.03. The fourth-order valence-corrected chi connectivity index (χ4v) is 4.33. The molecule has 5 nitrogen and oxygen atoms in total. The van der Waals surface area contributed by atoms with E-state index in [0.717, 1.165) is 31.4 Å². The fourth-order valence-electron chi connectivity index (χ4n) is 3.17. The van der Waals surface area contributed by atoms with Crippen molar-refractivity contribution in [2.24, 2.45) is 5.92 Å². The Morgan fingerprint density at radius 1 is 1.32 bits per heavy atom. The van der Waals surface area contributed by atoms with Gasteiger partial charge < -0.3 is 14.6 Å². The van der Waals surface area contributed by atoms with Gasteiger partial charge >= 0.3 is 0 Å². The molecule has 1 N–H and O–H groups in total. The highest BCUT2D eigenvalue weighted by Gasteiger charge is 2.37. The molecule has 2 heterocycles. The van der Waals surface area contributed by atoms with Crippen LogP contribution in [0.3, 0.4) is 0 Å². The summed E-state index contributed by atoms with van der Waals surface area (Å²) in [6, 6.07) is 3.29. The Kier molecular flexibility index (Phi) is 5.08. The Labute approximate surface area is 134 Å². The van der Waals surface area contributed by atoms with Crippen LogP contribution in [0.2, 0.25) is 0 Å². The summed E-state index contributed by atoms with van der Waals surface area (Å²) in [5, 5.41) is 2.87. The van der Waals surface area contributed by atoms with E-state index in [4.69, 9.17) is 4.42 Å². The molecule has 22 heavy (non-hydrogen) atoms. The molecule has 120 valence electrons. The maximum atomic E-state index is 12.7. The first kappa shape index (κ1) is 15.5. The average molecular weight is 322 g/mol. The van der Waals surface area contributed by atoms with Crippen molar-refractivity contribution in [3.63, 3.8) is 0 Å². The van der Waals surface area contributed by atoms with E-state index in [2.05, 4.69) is 5.32 Å². The van der Waals surface area contributed by atoms with Crippen LogP contribution < -0.4 is 5.32 Å². The van der Waals surface area contributed by atoms with Crippen molar-refractivity contribution in [1.29, 1.82) is 0 Å². The average Bonchev–Trinajstić information content (AvgIpc) is 3.24. The van der Waals surface area contributed by atoms with Gasteiger partial charge in [0.25, 0.3) is 0 Å². The maximum absolute atomic E-state index is 12.7. The lowest BCUT2D eigenvalue weighted by Gasteiger charge is -2.29. The Hall–Kier alpha value is -1.43. The molecule has 1 saturated heterocycles. The number of nitrogens with one attached hydrogen (secondary N) is 1. The van der Waals surface area contributed by atoms with Crippen molar-refractivity contribution >= 4 is 23.6 Å². The van der Waals surface area contributed by atoms with Gasteiger partial charge in [0, 0.05) is 11.7 Å². The van der Waals surface area contributed by atoms with E-state index in [0.29, 0.717) is 18.2 Å². The Balaban J connectivity index is 1.57. The zero-order chi connectivity index (χ0) is 15.4. The lowest BCUT2D eigenvalue weighted by Crippen LogP contribution is -2.49. The van der Waals surface area contributed by atoms with Gasteiger partial charge in [-0.1, -0.05) is 19.3 Å². The predicted molar refractivity (Wildman–Crippen MR) is 85.1 cm³/mol. The second-order valence-electron chi connectivity index (χ2n) is 5.96. The standard InChI is InChI=1S/C16H22N2O3S/c19-15(17-9-13-7-4-8-21-13)14-10-22-11-18(14)16(20)12-5-2-1-3-6-12/h4,7-8,12,14H,1-3,5-6,9-11H2,(H,17,19). The largest absolute Gasteiger partial charge is 0.467 e. The van der Waals surface area contributed by atoms with Gasteiger partial charge in [0.05, 0.1) is 18.7 Å². The van der Waals surface area contributed by atoms with Crippen molar-refractivity contribution in [3.05, 3.63) is 24.2 Å². The van der Waals surface area contributed by atoms with Crippen molar-refractivity contribution < 1.29 is 14.0 Å². The zero-order valence-electron chi connectivity index (χ0n) is 12.6. The van der Waals surface area contributed by atoms with Gasteiger partial charge in [0.2, 0.25) is 11.8 Å². The molecule has 6 heteroatoms. The molecule has 1 aliphatic heterocycles. The monoisotopic (exact) mass is 322 g/mol. The summed E-state index contributed by atoms with van der Waals surface area (Å²) in [5.41, 5.74) is 0. The van der Waals surface area contributed by atoms with Crippen LogP contribution in [-0.2, 0) is 16.1 Å². The smallest absolute Gasteiger partial charge is 0.244 e. The highest BCUT2D eigenvalue weighted by molar-refractivity contribution is 7.99. The van der Waals surface area contributed by atoms with E-state index < -0.39 is 0 Å². The van der Waals surface area contributed by atoms with E-state index >= 15 is 0 Å². The molecular weight excluding hydrogens is 300 g/mol. The summed E-state index contributed by atoms with van der Waals surface area (Å²) in [7, 11) is 0. The molecule has 1 saturated carbocycles. The van der Waals surface area contributed by atoms with Crippen molar-refractivity contribution in [2.45, 2.75) is 44.7 Å². The molecule has 0 radical (unpaired) electrons. The summed E-state index contributed by atoms with van der Waals surface area (Å²) in [5.74, 6) is 2.25. The molecule has 1 aromatic heterocycles. The Morgan fingerprint density at radius 2 is 2.14 bits per heavy atom. The van der Waals surface area contributed by atoms with Crippen LogP contribution in [0.4, 0.5) is 0 Å². The van der Waals surface area contributed by atoms with Crippen LogP contribution in [-0.4, -0.2) is 34.4 Å². The number of amides is 2. The summed E-state index contributed by atoms with van der Waals surface area (Å²) in [4.78, 5) is 26.8. The van der Waals surface area contributed by atoms with Gasteiger partial charge in [-0.15, -0.1) is 11.8 Å². The van der Waals surface area contributed by atoms with Crippen LogP contribution in [0.25, 0.3) is 0 Å². The molecule has 0 aromatic carbocycles. The molecule has 2 fully saturated rings. The minimum atomic E-state index is -0.339. The van der Waals surface area contributed by atoms with Crippen molar-refractivity contribution in [3.8, 4) is 0 Å². The van der Waals surface area contributed by atoms with Gasteiger partial charge in [0.15, 0.2) is 0 Å². The number of hydrogen-bond donors (Lipinski definition) is 1. The Bertz CT molecular complexity index is 511. The van der Waals surface area contributed by atoms with Crippen LogP contribution in [0, 0.1) is 5.92 Å². The predicted octanol–water partition coefficient (Wildman–Crippen LogP) is 2.38.